The Morgan fingerprint density at radius 3 is 2.95 bits per heavy atom. The summed E-state index contributed by atoms with van der Waals surface area (Å²) < 4.78 is 11.1. The van der Waals surface area contributed by atoms with E-state index in [2.05, 4.69) is 11.1 Å². The zero-order valence-electron chi connectivity index (χ0n) is 11.1. The summed E-state index contributed by atoms with van der Waals surface area (Å²) in [6.07, 6.45) is 0.883. The number of rotatable bonds is 5. The van der Waals surface area contributed by atoms with Gasteiger partial charge in [-0.3, -0.25) is 0 Å². The molecule has 2 rings (SSSR count). The van der Waals surface area contributed by atoms with Crippen LogP contribution >= 0.6 is 0 Å². The number of hydrogen-bond donors (Lipinski definition) is 0. The third kappa shape index (κ3) is 3.59. The van der Waals surface area contributed by atoms with Crippen LogP contribution in [0.2, 0.25) is 0 Å². The van der Waals surface area contributed by atoms with Gasteiger partial charge in [0.1, 0.15) is 11.5 Å². The van der Waals surface area contributed by atoms with E-state index in [0.29, 0.717) is 30.4 Å². The molecule has 0 amide bonds. The number of ether oxygens (including phenoxy) is 1. The first-order chi connectivity index (χ1) is 9.19. The van der Waals surface area contributed by atoms with Crippen LogP contribution in [-0.4, -0.2) is 11.6 Å². The van der Waals surface area contributed by atoms with Crippen molar-refractivity contribution in [1.82, 2.24) is 4.98 Å². The van der Waals surface area contributed by atoms with Gasteiger partial charge in [0.2, 0.25) is 0 Å². The molecule has 0 N–H and O–H groups in total. The predicted octanol–water partition coefficient (Wildman–Crippen LogP) is 2.98. The summed E-state index contributed by atoms with van der Waals surface area (Å²) in [6, 6.07) is 9.98. The zero-order valence-corrected chi connectivity index (χ0v) is 11.1. The molecule has 0 atom stereocenters. The molecule has 1 heterocycles. The van der Waals surface area contributed by atoms with E-state index in [-0.39, 0.29) is 6.42 Å². The fourth-order valence-electron chi connectivity index (χ4n) is 1.79. The quantitative estimate of drug-likeness (QED) is 0.825. The fourth-order valence-corrected chi connectivity index (χ4v) is 1.79. The van der Waals surface area contributed by atoms with Crippen molar-refractivity contribution < 1.29 is 9.15 Å². The molecule has 4 heteroatoms. The van der Waals surface area contributed by atoms with Gasteiger partial charge in [-0.25, -0.2) is 4.98 Å². The van der Waals surface area contributed by atoms with E-state index in [0.717, 1.165) is 5.75 Å². The molecule has 0 bridgehead atoms. The second kappa shape index (κ2) is 6.05. The highest BCUT2D eigenvalue weighted by molar-refractivity contribution is 5.27. The van der Waals surface area contributed by atoms with E-state index in [1.54, 1.807) is 0 Å². The molecule has 0 unspecified atom stereocenters. The molecule has 98 valence electrons. The van der Waals surface area contributed by atoms with Crippen molar-refractivity contribution >= 4 is 0 Å². The van der Waals surface area contributed by atoms with Crippen LogP contribution in [0.4, 0.5) is 0 Å². The Morgan fingerprint density at radius 2 is 2.21 bits per heavy atom. The third-order valence-corrected chi connectivity index (χ3v) is 2.76. The third-order valence-electron chi connectivity index (χ3n) is 2.76. The molecule has 4 nitrogen and oxygen atoms in total. The number of aryl methyl sites for hydroxylation is 2. The summed E-state index contributed by atoms with van der Waals surface area (Å²) >= 11 is 0. The van der Waals surface area contributed by atoms with E-state index in [1.807, 2.05) is 38.1 Å². The Labute approximate surface area is 112 Å². The van der Waals surface area contributed by atoms with Crippen LogP contribution in [0.3, 0.4) is 0 Å². The molecule has 2 aromatic rings. The van der Waals surface area contributed by atoms with E-state index in [9.17, 15) is 0 Å². The first kappa shape index (κ1) is 13.2. The lowest BCUT2D eigenvalue weighted by Crippen LogP contribution is -2.01. The lowest BCUT2D eigenvalue weighted by molar-refractivity contribution is 0.304. The largest absolute Gasteiger partial charge is 0.493 e. The van der Waals surface area contributed by atoms with Gasteiger partial charge in [0.25, 0.3) is 0 Å². The molecule has 0 aliphatic carbocycles. The molecule has 0 radical (unpaired) electrons. The maximum Gasteiger partial charge on any atom is 0.198 e. The Morgan fingerprint density at radius 1 is 1.37 bits per heavy atom. The standard InChI is InChI=1S/C15H16N2O2/c1-11-4-3-5-13(10-11)18-9-7-15-17-14(6-8-16)12(2)19-15/h3-5,10H,6-7,9H2,1-2H3. The average Bonchev–Trinajstić information content (AvgIpc) is 2.71. The van der Waals surface area contributed by atoms with Crippen LogP contribution in [0.15, 0.2) is 28.7 Å². The van der Waals surface area contributed by atoms with Crippen molar-refractivity contribution in [1.29, 1.82) is 5.26 Å². The Hall–Kier alpha value is -2.28. The summed E-state index contributed by atoms with van der Waals surface area (Å²) in [4.78, 5) is 4.28. The molecule has 0 aliphatic rings. The van der Waals surface area contributed by atoms with Crippen LogP contribution in [0.5, 0.6) is 5.75 Å². The van der Waals surface area contributed by atoms with Gasteiger partial charge in [0.05, 0.1) is 31.2 Å². The molecule has 0 aliphatic heterocycles. The topological polar surface area (TPSA) is 59.0 Å². The number of hydrogen-bond acceptors (Lipinski definition) is 4. The second-order valence-corrected chi connectivity index (χ2v) is 4.36. The molecule has 0 saturated carbocycles. The summed E-state index contributed by atoms with van der Waals surface area (Å²) in [5.74, 6) is 2.18. The van der Waals surface area contributed by atoms with Crippen LogP contribution in [0, 0.1) is 25.2 Å². The lowest BCUT2D eigenvalue weighted by Gasteiger charge is -2.04. The van der Waals surface area contributed by atoms with Crippen molar-refractivity contribution in [3.8, 4) is 11.8 Å². The first-order valence-electron chi connectivity index (χ1n) is 6.20. The van der Waals surface area contributed by atoms with Crippen molar-refractivity contribution in [3.05, 3.63) is 47.2 Å². The molecule has 19 heavy (non-hydrogen) atoms. The highest BCUT2D eigenvalue weighted by atomic mass is 16.5. The maximum absolute atomic E-state index is 8.65. The minimum absolute atomic E-state index is 0.286. The van der Waals surface area contributed by atoms with Crippen molar-refractivity contribution in [2.24, 2.45) is 0 Å². The molecular weight excluding hydrogens is 240 g/mol. The summed E-state index contributed by atoms with van der Waals surface area (Å²) in [6.45, 7) is 4.36. The van der Waals surface area contributed by atoms with Crippen molar-refractivity contribution in [2.45, 2.75) is 26.7 Å². The van der Waals surface area contributed by atoms with E-state index in [1.165, 1.54) is 5.56 Å². The van der Waals surface area contributed by atoms with Gasteiger partial charge in [-0.2, -0.15) is 5.26 Å². The number of nitrogens with zero attached hydrogens (tertiary/aromatic N) is 2. The second-order valence-electron chi connectivity index (χ2n) is 4.36. The fraction of sp³-hybridized carbons (Fsp3) is 0.333. The van der Waals surface area contributed by atoms with Crippen molar-refractivity contribution in [2.75, 3.05) is 6.61 Å². The van der Waals surface area contributed by atoms with E-state index < -0.39 is 0 Å². The van der Waals surface area contributed by atoms with Crippen LogP contribution < -0.4 is 4.74 Å². The van der Waals surface area contributed by atoms with E-state index in [4.69, 9.17) is 14.4 Å². The predicted molar refractivity (Wildman–Crippen MR) is 70.9 cm³/mol. The van der Waals surface area contributed by atoms with E-state index >= 15 is 0 Å². The minimum atomic E-state index is 0.286. The smallest absolute Gasteiger partial charge is 0.198 e. The van der Waals surface area contributed by atoms with Crippen LogP contribution in [-0.2, 0) is 12.8 Å². The van der Waals surface area contributed by atoms with Gasteiger partial charge in [-0.15, -0.1) is 0 Å². The maximum atomic E-state index is 8.65. The SMILES string of the molecule is Cc1cccc(OCCc2nc(CC#N)c(C)o2)c1. The number of benzene rings is 1. The van der Waals surface area contributed by atoms with Gasteiger partial charge in [-0.05, 0) is 31.5 Å². The monoisotopic (exact) mass is 256 g/mol. The first-order valence-corrected chi connectivity index (χ1v) is 6.20. The van der Waals surface area contributed by atoms with Gasteiger partial charge in [0, 0.05) is 0 Å². The Bertz CT molecular complexity index is 596. The molecule has 1 aromatic carbocycles. The molecule has 0 spiro atoms. The van der Waals surface area contributed by atoms with Gasteiger partial charge < -0.3 is 9.15 Å². The Kier molecular flexibility index (Phi) is 4.19. The number of nitriles is 1. The molecule has 0 saturated heterocycles. The Balaban J connectivity index is 1.89. The number of aromatic nitrogens is 1. The molecule has 1 aromatic heterocycles. The van der Waals surface area contributed by atoms with Gasteiger partial charge >= 0.3 is 0 Å². The summed E-state index contributed by atoms with van der Waals surface area (Å²) in [5.41, 5.74) is 1.88. The zero-order chi connectivity index (χ0) is 13.7. The lowest BCUT2D eigenvalue weighted by atomic mass is 10.2. The van der Waals surface area contributed by atoms with Crippen LogP contribution in [0.1, 0.15) is 22.9 Å². The normalized spacial score (nSPS) is 10.2. The van der Waals surface area contributed by atoms with Gasteiger partial charge in [0.15, 0.2) is 5.89 Å². The summed E-state index contributed by atoms with van der Waals surface area (Å²) in [5, 5.41) is 8.65. The molecular formula is C15H16N2O2. The number of oxazole rings is 1. The highest BCUT2D eigenvalue weighted by Gasteiger charge is 2.09. The minimum Gasteiger partial charge on any atom is -0.493 e. The molecule has 0 fully saturated rings. The van der Waals surface area contributed by atoms with Crippen LogP contribution in [0.25, 0.3) is 0 Å². The summed E-state index contributed by atoms with van der Waals surface area (Å²) in [7, 11) is 0. The van der Waals surface area contributed by atoms with Crippen molar-refractivity contribution in [3.63, 3.8) is 0 Å². The average molecular weight is 256 g/mol. The highest BCUT2D eigenvalue weighted by Crippen LogP contribution is 2.14. The van der Waals surface area contributed by atoms with Gasteiger partial charge in [-0.1, -0.05) is 12.1 Å².